The van der Waals surface area contributed by atoms with E-state index in [1.54, 1.807) is 16.7 Å². The smallest absolute Gasteiger partial charge is 0.236 e. The maximum Gasteiger partial charge on any atom is 0.236 e. The molecule has 0 fully saturated rings. The topological polar surface area (TPSA) is 20.3 Å². The summed E-state index contributed by atoms with van der Waals surface area (Å²) in [6.07, 6.45) is 6.86. The average molecular weight is 187 g/mol. The Kier molecular flexibility index (Phi) is 6.96. The van der Waals surface area contributed by atoms with Gasteiger partial charge in [-0.05, 0) is 12.7 Å². The summed E-state index contributed by atoms with van der Waals surface area (Å²) in [7, 11) is 0. The molecule has 2 nitrogen and oxygen atoms in total. The Morgan fingerprint density at radius 3 is 2.67 bits per heavy atom. The van der Waals surface area contributed by atoms with Crippen LogP contribution in [0.5, 0.6) is 0 Å². The van der Waals surface area contributed by atoms with Crippen molar-refractivity contribution >= 4 is 17.7 Å². The van der Waals surface area contributed by atoms with Crippen LogP contribution in [0, 0.1) is 0 Å². The molecule has 70 valence electrons. The summed E-state index contributed by atoms with van der Waals surface area (Å²) in [6, 6.07) is 0. The van der Waals surface area contributed by atoms with Gasteiger partial charge in [-0.3, -0.25) is 4.79 Å². The second kappa shape index (κ2) is 7.22. The monoisotopic (exact) mass is 187 g/mol. The molecule has 0 aromatic heterocycles. The summed E-state index contributed by atoms with van der Waals surface area (Å²) < 4.78 is 0. The average Bonchev–Trinajstić information content (AvgIpc) is 2.60. The first-order valence-corrected chi connectivity index (χ1v) is 5.69. The highest BCUT2D eigenvalue weighted by Crippen LogP contribution is 2.06. The number of amides is 1. The van der Waals surface area contributed by atoms with Gasteiger partial charge in [0.25, 0.3) is 0 Å². The van der Waals surface area contributed by atoms with Gasteiger partial charge < -0.3 is 4.90 Å². The molecule has 0 spiro atoms. The summed E-state index contributed by atoms with van der Waals surface area (Å²) in [6.45, 7) is 4.87. The molecular weight excluding hydrogens is 170 g/mol. The van der Waals surface area contributed by atoms with Crippen molar-refractivity contribution in [3.8, 4) is 0 Å². The van der Waals surface area contributed by atoms with Crippen LogP contribution in [0.1, 0.15) is 20.3 Å². The van der Waals surface area contributed by atoms with Gasteiger partial charge in [0.05, 0.1) is 5.75 Å². The second-order valence-electron chi connectivity index (χ2n) is 2.19. The maximum absolute atomic E-state index is 11.1. The SMILES string of the molecule is CC.CSCC(=O)N1C=CCC1. The van der Waals surface area contributed by atoms with Crippen molar-refractivity contribution in [2.45, 2.75) is 20.3 Å². The largest absolute Gasteiger partial charge is 0.318 e. The normalized spacial score (nSPS) is 14.1. The van der Waals surface area contributed by atoms with Gasteiger partial charge in [-0.1, -0.05) is 19.9 Å². The highest BCUT2D eigenvalue weighted by molar-refractivity contribution is 7.99. The molecule has 0 radical (unpaired) electrons. The highest BCUT2D eigenvalue weighted by Gasteiger charge is 2.11. The first-order valence-electron chi connectivity index (χ1n) is 4.29. The lowest BCUT2D eigenvalue weighted by Crippen LogP contribution is -2.25. The van der Waals surface area contributed by atoms with E-state index in [1.165, 1.54) is 0 Å². The van der Waals surface area contributed by atoms with E-state index in [2.05, 4.69) is 0 Å². The Hall–Kier alpha value is -0.440. The predicted molar refractivity (Wildman–Crippen MR) is 55.2 cm³/mol. The van der Waals surface area contributed by atoms with Gasteiger partial charge in [0.1, 0.15) is 0 Å². The fraction of sp³-hybridized carbons (Fsp3) is 0.667. The molecule has 1 heterocycles. The van der Waals surface area contributed by atoms with E-state index in [-0.39, 0.29) is 5.91 Å². The van der Waals surface area contributed by atoms with E-state index in [9.17, 15) is 4.79 Å². The van der Waals surface area contributed by atoms with Gasteiger partial charge in [-0.25, -0.2) is 0 Å². The molecule has 1 aliphatic heterocycles. The van der Waals surface area contributed by atoms with Gasteiger partial charge in [0.2, 0.25) is 5.91 Å². The van der Waals surface area contributed by atoms with E-state index < -0.39 is 0 Å². The van der Waals surface area contributed by atoms with Gasteiger partial charge in [-0.15, -0.1) is 0 Å². The zero-order valence-corrected chi connectivity index (χ0v) is 8.86. The second-order valence-corrected chi connectivity index (χ2v) is 3.06. The molecule has 0 aromatic carbocycles. The quantitative estimate of drug-likeness (QED) is 0.660. The van der Waals surface area contributed by atoms with Crippen LogP contribution < -0.4 is 0 Å². The van der Waals surface area contributed by atoms with Gasteiger partial charge in [0.15, 0.2) is 0 Å². The van der Waals surface area contributed by atoms with Crippen molar-refractivity contribution in [3.05, 3.63) is 12.3 Å². The number of hydrogen-bond donors (Lipinski definition) is 0. The van der Waals surface area contributed by atoms with E-state index >= 15 is 0 Å². The van der Waals surface area contributed by atoms with Crippen molar-refractivity contribution in [1.82, 2.24) is 4.90 Å². The third-order valence-corrected chi connectivity index (χ3v) is 1.95. The van der Waals surface area contributed by atoms with Crippen LogP contribution >= 0.6 is 11.8 Å². The van der Waals surface area contributed by atoms with Crippen LogP contribution in [-0.4, -0.2) is 29.4 Å². The Labute approximate surface area is 79.0 Å². The standard InChI is InChI=1S/C7H11NOS.C2H6/c1-10-6-7(9)8-4-2-3-5-8;1-2/h2,4H,3,5-6H2,1H3;1-2H3. The van der Waals surface area contributed by atoms with Crippen molar-refractivity contribution < 1.29 is 4.79 Å². The lowest BCUT2D eigenvalue weighted by atomic mass is 10.5. The molecule has 0 unspecified atom stereocenters. The summed E-state index contributed by atoms with van der Waals surface area (Å²) in [5.41, 5.74) is 0. The van der Waals surface area contributed by atoms with E-state index in [1.807, 2.05) is 32.4 Å². The molecule has 0 aromatic rings. The third kappa shape index (κ3) is 3.81. The molecule has 0 saturated heterocycles. The van der Waals surface area contributed by atoms with Crippen molar-refractivity contribution in [1.29, 1.82) is 0 Å². The Bertz CT molecular complexity index is 157. The minimum absolute atomic E-state index is 0.223. The highest BCUT2D eigenvalue weighted by atomic mass is 32.2. The van der Waals surface area contributed by atoms with E-state index in [4.69, 9.17) is 0 Å². The van der Waals surface area contributed by atoms with Crippen LogP contribution in [0.2, 0.25) is 0 Å². The molecule has 0 atom stereocenters. The number of nitrogens with zero attached hydrogens (tertiary/aromatic N) is 1. The summed E-state index contributed by atoms with van der Waals surface area (Å²) >= 11 is 1.57. The number of thioether (sulfide) groups is 1. The fourth-order valence-corrected chi connectivity index (χ4v) is 1.32. The minimum atomic E-state index is 0.223. The first-order chi connectivity index (χ1) is 5.84. The fourth-order valence-electron chi connectivity index (χ4n) is 0.904. The molecule has 12 heavy (non-hydrogen) atoms. The Morgan fingerprint density at radius 2 is 2.25 bits per heavy atom. The summed E-state index contributed by atoms with van der Waals surface area (Å²) in [5, 5.41) is 0. The predicted octanol–water partition coefficient (Wildman–Crippen LogP) is 2.12. The van der Waals surface area contributed by atoms with Crippen LogP contribution in [0.15, 0.2) is 12.3 Å². The third-order valence-electron chi connectivity index (χ3n) is 1.41. The van der Waals surface area contributed by atoms with E-state index in [0.29, 0.717) is 5.75 Å². The van der Waals surface area contributed by atoms with Crippen LogP contribution in [0.25, 0.3) is 0 Å². The number of carbonyl (C=O) groups excluding carboxylic acids is 1. The maximum atomic E-state index is 11.1. The molecule has 1 aliphatic rings. The Balaban J connectivity index is 0.000000561. The lowest BCUT2D eigenvalue weighted by molar-refractivity contribution is -0.125. The molecular formula is C9H17NOS. The summed E-state index contributed by atoms with van der Waals surface area (Å²) in [5.74, 6) is 0.825. The van der Waals surface area contributed by atoms with Crippen LogP contribution in [0.4, 0.5) is 0 Å². The molecule has 1 rings (SSSR count). The van der Waals surface area contributed by atoms with Crippen LogP contribution in [-0.2, 0) is 4.79 Å². The zero-order valence-electron chi connectivity index (χ0n) is 8.04. The Morgan fingerprint density at radius 1 is 1.58 bits per heavy atom. The summed E-state index contributed by atoms with van der Waals surface area (Å²) in [4.78, 5) is 12.9. The molecule has 0 bridgehead atoms. The number of hydrogen-bond acceptors (Lipinski definition) is 2. The zero-order chi connectivity index (χ0) is 9.40. The van der Waals surface area contributed by atoms with Gasteiger partial charge in [-0.2, -0.15) is 11.8 Å². The molecule has 0 N–H and O–H groups in total. The number of rotatable bonds is 2. The molecule has 3 heteroatoms. The van der Waals surface area contributed by atoms with Crippen molar-refractivity contribution in [2.24, 2.45) is 0 Å². The number of carbonyl (C=O) groups is 1. The van der Waals surface area contributed by atoms with Gasteiger partial charge in [0, 0.05) is 12.7 Å². The minimum Gasteiger partial charge on any atom is -0.318 e. The van der Waals surface area contributed by atoms with Crippen LogP contribution in [0.3, 0.4) is 0 Å². The van der Waals surface area contributed by atoms with E-state index in [0.717, 1.165) is 13.0 Å². The molecule has 0 saturated carbocycles. The van der Waals surface area contributed by atoms with Gasteiger partial charge >= 0.3 is 0 Å². The van der Waals surface area contributed by atoms with Crippen molar-refractivity contribution in [3.63, 3.8) is 0 Å². The molecule has 0 aliphatic carbocycles. The first kappa shape index (κ1) is 11.6. The van der Waals surface area contributed by atoms with Crippen molar-refractivity contribution in [2.75, 3.05) is 18.6 Å². The lowest BCUT2D eigenvalue weighted by Gasteiger charge is -2.11. The molecule has 1 amide bonds.